The molecule has 29 heavy (non-hydrogen) atoms. The molecule has 2 atom stereocenters. The second-order valence-electron chi connectivity index (χ2n) is 8.01. The van der Waals surface area contributed by atoms with E-state index >= 15 is 0 Å². The molecule has 2 N–H and O–H groups in total. The average Bonchev–Trinajstić information content (AvgIpc) is 3.42. The third-order valence-electron chi connectivity index (χ3n) is 6.12. The molecule has 1 aromatic heterocycles. The summed E-state index contributed by atoms with van der Waals surface area (Å²) in [5, 5.41) is 12.8. The van der Waals surface area contributed by atoms with E-state index in [0.717, 1.165) is 68.5 Å². The maximum Gasteiger partial charge on any atom is 0.214 e. The molecule has 0 unspecified atom stereocenters. The Morgan fingerprint density at radius 3 is 2.72 bits per heavy atom. The molecule has 2 aliphatic heterocycles. The van der Waals surface area contributed by atoms with E-state index in [1.54, 1.807) is 19.1 Å². The molecule has 0 amide bonds. The quantitative estimate of drug-likeness (QED) is 0.577. The van der Waals surface area contributed by atoms with Crippen molar-refractivity contribution in [3.8, 4) is 11.5 Å². The summed E-state index contributed by atoms with van der Waals surface area (Å²) in [6, 6.07) is 5.94. The van der Waals surface area contributed by atoms with Gasteiger partial charge in [0, 0.05) is 6.61 Å². The fraction of sp³-hybridized carbons (Fsp3) is 0.650. The number of nitrogens with zero attached hydrogens (tertiary/aromatic N) is 4. The van der Waals surface area contributed by atoms with Gasteiger partial charge in [-0.3, -0.25) is 0 Å². The fourth-order valence-electron chi connectivity index (χ4n) is 4.42. The molecule has 0 saturated carbocycles. The molecule has 0 bridgehead atoms. The number of hydrogen-bond acceptors (Lipinski definition) is 6. The smallest absolute Gasteiger partial charge is 0.214 e. The molecule has 9 nitrogen and oxygen atoms in total. The second kappa shape index (κ2) is 9.06. The highest BCUT2D eigenvalue weighted by atomic mass is 16.5. The summed E-state index contributed by atoms with van der Waals surface area (Å²) in [5.74, 6) is 2.51. The van der Waals surface area contributed by atoms with Crippen LogP contribution in [-0.2, 0) is 11.3 Å². The van der Waals surface area contributed by atoms with Gasteiger partial charge in [-0.25, -0.2) is 4.68 Å². The van der Waals surface area contributed by atoms with Crippen molar-refractivity contribution in [1.82, 2.24) is 20.2 Å². The highest BCUT2D eigenvalue weighted by molar-refractivity contribution is 5.43. The van der Waals surface area contributed by atoms with Gasteiger partial charge in [-0.1, -0.05) is 0 Å². The number of likely N-dealkylation sites (N-methyl/N-ethyl adjacent to an activating group) is 1. The van der Waals surface area contributed by atoms with E-state index in [1.165, 1.54) is 4.90 Å². The first-order valence-electron chi connectivity index (χ1n) is 10.4. The Hall–Kier alpha value is -2.23. The Labute approximate surface area is 171 Å². The van der Waals surface area contributed by atoms with Crippen molar-refractivity contribution in [1.29, 1.82) is 0 Å². The molecular weight excluding hydrogens is 372 g/mol. The van der Waals surface area contributed by atoms with Crippen molar-refractivity contribution in [3.05, 3.63) is 29.6 Å². The third-order valence-corrected chi connectivity index (χ3v) is 6.12. The molecule has 2 fully saturated rings. The van der Waals surface area contributed by atoms with Gasteiger partial charge in [0.1, 0.15) is 37.7 Å². The number of tetrazole rings is 1. The van der Waals surface area contributed by atoms with Gasteiger partial charge in [0.15, 0.2) is 6.04 Å². The van der Waals surface area contributed by atoms with E-state index in [2.05, 4.69) is 28.6 Å². The first-order valence-corrected chi connectivity index (χ1v) is 10.4. The van der Waals surface area contributed by atoms with Crippen molar-refractivity contribution >= 4 is 0 Å². The topological polar surface area (TPSA) is 80.2 Å². The van der Waals surface area contributed by atoms with Gasteiger partial charge >= 0.3 is 0 Å². The summed E-state index contributed by atoms with van der Waals surface area (Å²) in [6.45, 7) is 5.83. The van der Waals surface area contributed by atoms with E-state index in [0.29, 0.717) is 6.54 Å². The highest BCUT2D eigenvalue weighted by Gasteiger charge is 2.37. The minimum absolute atomic E-state index is 0.0236. The van der Waals surface area contributed by atoms with Gasteiger partial charge in [0.05, 0.1) is 39.5 Å². The van der Waals surface area contributed by atoms with E-state index < -0.39 is 0 Å². The van der Waals surface area contributed by atoms with Crippen molar-refractivity contribution in [2.75, 3.05) is 54.1 Å². The predicted octanol–water partition coefficient (Wildman–Crippen LogP) is -1.63. The van der Waals surface area contributed by atoms with E-state index in [-0.39, 0.29) is 12.1 Å². The number of methoxy groups -OCH3 is 2. The third kappa shape index (κ3) is 4.36. The zero-order chi connectivity index (χ0) is 20.2. The normalized spacial score (nSPS) is 25.7. The van der Waals surface area contributed by atoms with Crippen LogP contribution in [0.5, 0.6) is 11.5 Å². The van der Waals surface area contributed by atoms with Crippen molar-refractivity contribution in [3.63, 3.8) is 0 Å². The lowest BCUT2D eigenvalue weighted by atomic mass is 10.0. The molecular formula is C20H32N6O3+2. The summed E-state index contributed by atoms with van der Waals surface area (Å²) < 4.78 is 19.0. The van der Waals surface area contributed by atoms with E-state index in [4.69, 9.17) is 14.2 Å². The number of quaternary nitrogens is 2. The number of ether oxygens (including phenoxy) is 3. The van der Waals surface area contributed by atoms with Gasteiger partial charge in [-0.15, -0.1) is 5.10 Å². The van der Waals surface area contributed by atoms with Gasteiger partial charge < -0.3 is 24.0 Å². The number of rotatable bonds is 7. The lowest BCUT2D eigenvalue weighted by molar-refractivity contribution is -1.02. The number of aromatic nitrogens is 4. The molecule has 0 radical (unpaired) electrons. The first kappa shape index (κ1) is 20.1. The van der Waals surface area contributed by atoms with Crippen LogP contribution in [0.15, 0.2) is 18.2 Å². The van der Waals surface area contributed by atoms with Crippen molar-refractivity contribution in [2.45, 2.75) is 31.5 Å². The number of benzene rings is 1. The monoisotopic (exact) mass is 404 g/mol. The van der Waals surface area contributed by atoms with Gasteiger partial charge in [0.25, 0.3) is 0 Å². The molecule has 3 heterocycles. The maximum absolute atomic E-state index is 5.84. The van der Waals surface area contributed by atoms with Crippen LogP contribution in [0.2, 0.25) is 0 Å². The van der Waals surface area contributed by atoms with Crippen LogP contribution in [0, 0.1) is 0 Å². The fourth-order valence-corrected chi connectivity index (χ4v) is 4.42. The summed E-state index contributed by atoms with van der Waals surface area (Å²) in [7, 11) is 5.65. The van der Waals surface area contributed by atoms with Gasteiger partial charge in [-0.05, 0) is 41.5 Å². The van der Waals surface area contributed by atoms with Crippen LogP contribution in [0.4, 0.5) is 0 Å². The zero-order valence-electron chi connectivity index (χ0n) is 17.6. The maximum atomic E-state index is 5.84. The van der Waals surface area contributed by atoms with Gasteiger partial charge in [-0.2, -0.15) is 0 Å². The molecule has 2 saturated heterocycles. The van der Waals surface area contributed by atoms with Crippen LogP contribution in [-0.4, -0.2) is 80.4 Å². The molecule has 2 aromatic rings. The van der Waals surface area contributed by atoms with Crippen molar-refractivity contribution in [2.24, 2.45) is 0 Å². The molecule has 1 aromatic carbocycles. The minimum Gasteiger partial charge on any atom is -0.497 e. The zero-order valence-corrected chi connectivity index (χ0v) is 17.6. The Balaban J connectivity index is 1.73. The summed E-state index contributed by atoms with van der Waals surface area (Å²) in [4.78, 5) is 3.01. The van der Waals surface area contributed by atoms with E-state index in [1.807, 2.05) is 16.8 Å². The largest absolute Gasteiger partial charge is 0.497 e. The minimum atomic E-state index is -0.0236. The first-order chi connectivity index (χ1) is 14.2. The highest BCUT2D eigenvalue weighted by Crippen LogP contribution is 2.31. The second-order valence-corrected chi connectivity index (χ2v) is 8.01. The van der Waals surface area contributed by atoms with E-state index in [9.17, 15) is 0 Å². The SMILES string of the molecule is COc1ccc(OC)c([C@H](c2nnnn2C[C@H]2CCCO2)[NH+]2CC[NH+](C)CC2)c1. The molecule has 0 aliphatic carbocycles. The molecule has 4 rings (SSSR count). The summed E-state index contributed by atoms with van der Waals surface area (Å²) >= 11 is 0. The van der Waals surface area contributed by atoms with Crippen LogP contribution in [0.25, 0.3) is 0 Å². The standard InChI is InChI=1S/C20H30N6O3/c1-24-8-10-25(11-9-24)19(17-13-15(27-2)6-7-18(17)28-3)20-21-22-23-26(20)14-16-5-4-12-29-16/h6-7,13,16,19H,4-5,8-12,14H2,1-3H3/p+2/t16-,19-/m1/s1. The van der Waals surface area contributed by atoms with Gasteiger partial charge in [0.2, 0.25) is 5.82 Å². The van der Waals surface area contributed by atoms with Crippen molar-refractivity contribution < 1.29 is 24.0 Å². The number of nitrogens with one attached hydrogen (secondary N) is 2. The van der Waals surface area contributed by atoms with Crippen LogP contribution in [0.3, 0.4) is 0 Å². The summed E-state index contributed by atoms with van der Waals surface area (Å²) in [5.41, 5.74) is 1.06. The Bertz CT molecular complexity index is 799. The lowest BCUT2D eigenvalue weighted by Gasteiger charge is -2.33. The Morgan fingerprint density at radius 1 is 1.21 bits per heavy atom. The molecule has 2 aliphatic rings. The van der Waals surface area contributed by atoms with Crippen LogP contribution < -0.4 is 19.3 Å². The van der Waals surface area contributed by atoms with Crippen LogP contribution in [0.1, 0.15) is 30.3 Å². The summed E-state index contributed by atoms with van der Waals surface area (Å²) in [6.07, 6.45) is 2.33. The number of piperazine rings is 1. The Kier molecular flexibility index (Phi) is 6.27. The lowest BCUT2D eigenvalue weighted by Crippen LogP contribution is -3.27. The average molecular weight is 405 g/mol. The number of hydrogen-bond donors (Lipinski definition) is 2. The Morgan fingerprint density at radius 2 is 2.03 bits per heavy atom. The molecule has 158 valence electrons. The molecule has 9 heteroatoms. The predicted molar refractivity (Wildman–Crippen MR) is 105 cm³/mol. The van der Waals surface area contributed by atoms with Crippen LogP contribution >= 0.6 is 0 Å². The molecule has 0 spiro atoms.